The first-order valence-corrected chi connectivity index (χ1v) is 6.12. The zero-order valence-electron chi connectivity index (χ0n) is 10.9. The molecule has 0 aliphatic carbocycles. The second kappa shape index (κ2) is 5.62. The first-order chi connectivity index (χ1) is 9.13. The van der Waals surface area contributed by atoms with Crippen LogP contribution in [0.4, 0.5) is 5.69 Å². The summed E-state index contributed by atoms with van der Waals surface area (Å²) in [6.45, 7) is 5.30. The van der Waals surface area contributed by atoms with E-state index in [1.54, 1.807) is 25.3 Å². The third kappa shape index (κ3) is 2.79. The molecular weight excluding hydrogens is 244 g/mol. The number of hydrogen-bond donors (Lipinski definition) is 2. The van der Waals surface area contributed by atoms with E-state index in [4.69, 9.17) is 0 Å². The van der Waals surface area contributed by atoms with Gasteiger partial charge in [0.05, 0.1) is 16.8 Å². The number of hydrogen-bond acceptors (Lipinski definition) is 4. The maximum Gasteiger partial charge on any atom is 0.272 e. The summed E-state index contributed by atoms with van der Waals surface area (Å²) >= 11 is 0. The van der Waals surface area contributed by atoms with E-state index in [0.29, 0.717) is 12.1 Å². The Hall–Kier alpha value is -2.21. The quantitative estimate of drug-likeness (QED) is 0.638. The van der Waals surface area contributed by atoms with E-state index >= 15 is 0 Å². The molecule has 0 spiro atoms. The van der Waals surface area contributed by atoms with Crippen LogP contribution in [0, 0.1) is 17.0 Å². The van der Waals surface area contributed by atoms with Crippen LogP contribution >= 0.6 is 0 Å². The Labute approximate surface area is 111 Å². The van der Waals surface area contributed by atoms with Gasteiger partial charge in [-0.1, -0.05) is 19.1 Å². The van der Waals surface area contributed by atoms with Crippen molar-refractivity contribution in [1.82, 2.24) is 15.5 Å². The lowest BCUT2D eigenvalue weighted by Crippen LogP contribution is -2.11. The number of benzene rings is 1. The second-order valence-corrected chi connectivity index (χ2v) is 4.31. The minimum Gasteiger partial charge on any atom is -0.313 e. The number of nitrogens with one attached hydrogen (secondary N) is 2. The van der Waals surface area contributed by atoms with E-state index in [0.717, 1.165) is 23.4 Å². The second-order valence-electron chi connectivity index (χ2n) is 4.31. The highest BCUT2D eigenvalue weighted by molar-refractivity contribution is 5.66. The lowest BCUT2D eigenvalue weighted by Gasteiger charge is -2.05. The lowest BCUT2D eigenvalue weighted by molar-refractivity contribution is -0.385. The normalized spacial score (nSPS) is 10.6. The molecule has 0 atom stereocenters. The van der Waals surface area contributed by atoms with Crippen molar-refractivity contribution in [3.8, 4) is 11.3 Å². The van der Waals surface area contributed by atoms with Gasteiger partial charge in [0.2, 0.25) is 0 Å². The molecule has 0 fully saturated rings. The van der Waals surface area contributed by atoms with Gasteiger partial charge in [-0.15, -0.1) is 0 Å². The Bertz CT molecular complexity index is 592. The number of H-pyrrole nitrogens is 1. The summed E-state index contributed by atoms with van der Waals surface area (Å²) in [6.07, 6.45) is 1.74. The molecule has 2 aromatic rings. The number of aromatic amines is 1. The fraction of sp³-hybridized carbons (Fsp3) is 0.308. The zero-order valence-corrected chi connectivity index (χ0v) is 10.9. The highest BCUT2D eigenvalue weighted by Crippen LogP contribution is 2.27. The highest BCUT2D eigenvalue weighted by Gasteiger charge is 2.14. The number of rotatable bonds is 5. The summed E-state index contributed by atoms with van der Waals surface area (Å²) in [5.41, 5.74) is 3.38. The maximum absolute atomic E-state index is 11.0. The van der Waals surface area contributed by atoms with E-state index in [9.17, 15) is 10.1 Å². The fourth-order valence-electron chi connectivity index (χ4n) is 1.92. The van der Waals surface area contributed by atoms with E-state index < -0.39 is 0 Å². The molecule has 2 N–H and O–H groups in total. The Kier molecular flexibility index (Phi) is 3.91. The largest absolute Gasteiger partial charge is 0.313 e. The van der Waals surface area contributed by atoms with E-state index in [2.05, 4.69) is 15.5 Å². The summed E-state index contributed by atoms with van der Waals surface area (Å²) in [6, 6.07) is 5.20. The molecule has 19 heavy (non-hydrogen) atoms. The van der Waals surface area contributed by atoms with Crippen molar-refractivity contribution in [3.63, 3.8) is 0 Å². The molecule has 0 unspecified atom stereocenters. The lowest BCUT2D eigenvalue weighted by atomic mass is 10.0. The van der Waals surface area contributed by atoms with Crippen molar-refractivity contribution in [2.45, 2.75) is 20.4 Å². The number of nitro benzene ring substituents is 1. The summed E-state index contributed by atoms with van der Waals surface area (Å²) in [5.74, 6) is 0. The van der Waals surface area contributed by atoms with Crippen LogP contribution in [-0.4, -0.2) is 21.7 Å². The van der Waals surface area contributed by atoms with Crippen LogP contribution in [-0.2, 0) is 6.54 Å². The topological polar surface area (TPSA) is 83.8 Å². The van der Waals surface area contributed by atoms with Gasteiger partial charge in [0, 0.05) is 29.3 Å². The van der Waals surface area contributed by atoms with Crippen LogP contribution in [0.5, 0.6) is 0 Å². The molecule has 1 aromatic heterocycles. The highest BCUT2D eigenvalue weighted by atomic mass is 16.6. The number of nitrogens with zero attached hydrogens (tertiary/aromatic N) is 2. The van der Waals surface area contributed by atoms with Crippen LogP contribution in [0.2, 0.25) is 0 Å². The average Bonchev–Trinajstić information content (AvgIpc) is 2.85. The predicted octanol–water partition coefficient (Wildman–Crippen LogP) is 2.40. The van der Waals surface area contributed by atoms with Gasteiger partial charge in [0.15, 0.2) is 0 Å². The van der Waals surface area contributed by atoms with Gasteiger partial charge < -0.3 is 5.32 Å². The van der Waals surface area contributed by atoms with Crippen LogP contribution in [0.25, 0.3) is 11.3 Å². The molecule has 6 nitrogen and oxygen atoms in total. The van der Waals surface area contributed by atoms with Crippen molar-refractivity contribution < 1.29 is 4.92 Å². The molecular formula is C13H16N4O2. The van der Waals surface area contributed by atoms with Gasteiger partial charge in [-0.05, 0) is 13.5 Å². The smallest absolute Gasteiger partial charge is 0.272 e. The van der Waals surface area contributed by atoms with Crippen molar-refractivity contribution in [1.29, 1.82) is 0 Å². The molecule has 0 saturated carbocycles. The maximum atomic E-state index is 11.0. The van der Waals surface area contributed by atoms with E-state index in [-0.39, 0.29) is 10.6 Å². The summed E-state index contributed by atoms with van der Waals surface area (Å²) in [7, 11) is 0. The van der Waals surface area contributed by atoms with Crippen molar-refractivity contribution in [2.75, 3.05) is 6.54 Å². The summed E-state index contributed by atoms with van der Waals surface area (Å²) in [4.78, 5) is 10.6. The standard InChI is InChI=1S/C13H16N4O2/c1-3-14-7-11-8-15-16-13(11)10-5-4-9(2)12(6-10)17(18)19/h4-6,8,14H,3,7H2,1-2H3,(H,15,16). The van der Waals surface area contributed by atoms with Crippen LogP contribution in [0.15, 0.2) is 24.4 Å². The van der Waals surface area contributed by atoms with Gasteiger partial charge >= 0.3 is 0 Å². The average molecular weight is 260 g/mol. The molecule has 2 rings (SSSR count). The van der Waals surface area contributed by atoms with Gasteiger partial charge in [0.25, 0.3) is 5.69 Å². The molecule has 0 saturated heterocycles. The van der Waals surface area contributed by atoms with Crippen molar-refractivity contribution in [2.24, 2.45) is 0 Å². The minimum atomic E-state index is -0.362. The van der Waals surface area contributed by atoms with Crippen molar-refractivity contribution >= 4 is 5.69 Å². The number of aromatic nitrogens is 2. The summed E-state index contributed by atoms with van der Waals surface area (Å²) in [5, 5.41) is 21.1. The van der Waals surface area contributed by atoms with E-state index in [1.165, 1.54) is 0 Å². The molecule has 0 aliphatic heterocycles. The molecule has 100 valence electrons. The third-order valence-corrected chi connectivity index (χ3v) is 2.98. The van der Waals surface area contributed by atoms with Gasteiger partial charge in [-0.25, -0.2) is 0 Å². The first kappa shape index (κ1) is 13.2. The molecule has 0 radical (unpaired) electrons. The third-order valence-electron chi connectivity index (χ3n) is 2.98. The van der Waals surface area contributed by atoms with E-state index in [1.807, 2.05) is 13.0 Å². The van der Waals surface area contributed by atoms with Crippen LogP contribution in [0.1, 0.15) is 18.1 Å². The Morgan fingerprint density at radius 2 is 2.26 bits per heavy atom. The fourth-order valence-corrected chi connectivity index (χ4v) is 1.92. The zero-order chi connectivity index (χ0) is 13.8. The Balaban J connectivity index is 2.39. The molecule has 1 aromatic carbocycles. The van der Waals surface area contributed by atoms with Gasteiger partial charge in [-0.2, -0.15) is 5.10 Å². The molecule has 0 bridgehead atoms. The predicted molar refractivity (Wildman–Crippen MR) is 72.8 cm³/mol. The van der Waals surface area contributed by atoms with Crippen LogP contribution in [0.3, 0.4) is 0 Å². The molecule has 0 aliphatic rings. The monoisotopic (exact) mass is 260 g/mol. The van der Waals surface area contributed by atoms with Crippen molar-refractivity contribution in [3.05, 3.63) is 45.6 Å². The number of nitro groups is 1. The van der Waals surface area contributed by atoms with Gasteiger partial charge in [0.1, 0.15) is 0 Å². The van der Waals surface area contributed by atoms with Crippen LogP contribution < -0.4 is 5.32 Å². The summed E-state index contributed by atoms with van der Waals surface area (Å²) < 4.78 is 0. The SMILES string of the molecule is CCNCc1cn[nH]c1-c1ccc(C)c([N+](=O)[O-])c1. The minimum absolute atomic E-state index is 0.126. The molecule has 0 amide bonds. The number of aryl methyl sites for hydroxylation is 1. The van der Waals surface area contributed by atoms with Gasteiger partial charge in [-0.3, -0.25) is 15.2 Å². The first-order valence-electron chi connectivity index (χ1n) is 6.12. The Morgan fingerprint density at radius 3 is 2.95 bits per heavy atom. The molecule has 6 heteroatoms. The molecule has 1 heterocycles. The Morgan fingerprint density at radius 1 is 1.47 bits per heavy atom.